The van der Waals surface area contributed by atoms with Gasteiger partial charge in [0.1, 0.15) is 0 Å². The quantitative estimate of drug-likeness (QED) is 0.200. The van der Waals surface area contributed by atoms with Gasteiger partial charge in [-0.25, -0.2) is 29.9 Å². The smallest absolute Gasteiger partial charge is 0.0919 e. The van der Waals surface area contributed by atoms with Crippen molar-refractivity contribution < 1.29 is 16.8 Å². The predicted molar refractivity (Wildman–Crippen MR) is 112 cm³/mol. The van der Waals surface area contributed by atoms with Crippen LogP contribution in [-0.2, 0) is 16.8 Å². The number of hydrogen-bond donors (Lipinski definition) is 6. The van der Waals surface area contributed by atoms with E-state index in [1.165, 1.54) is 0 Å². The number of aromatic amines is 6. The molecule has 0 bridgehead atoms. The molecule has 6 heterocycles. The molecule has 13 heteroatoms. The summed E-state index contributed by atoms with van der Waals surface area (Å²) in [7, 11) is 0. The van der Waals surface area contributed by atoms with E-state index in [4.69, 9.17) is 0 Å². The van der Waals surface area contributed by atoms with E-state index in [-0.39, 0.29) is 16.8 Å². The Morgan fingerprint density at radius 3 is 0.484 bits per heavy atom. The molecule has 0 saturated heterocycles. The van der Waals surface area contributed by atoms with Gasteiger partial charge in [-0.15, -0.1) is 0 Å². The largest absolute Gasteiger partial charge is 0.351 e. The minimum Gasteiger partial charge on any atom is -0.351 e. The van der Waals surface area contributed by atoms with Crippen LogP contribution in [0, 0.1) is 0 Å². The zero-order valence-electron chi connectivity index (χ0n) is 16.4. The first-order chi connectivity index (χ1) is 15.0. The maximum Gasteiger partial charge on any atom is 0.0919 e. The number of rotatable bonds is 0. The zero-order chi connectivity index (χ0) is 21.2. The first-order valence-electron chi connectivity index (χ1n) is 8.56. The van der Waals surface area contributed by atoms with Gasteiger partial charge in [-0.2, -0.15) is 0 Å². The average Bonchev–Trinajstić information content (AvgIpc) is 3.69. The van der Waals surface area contributed by atoms with E-state index in [2.05, 4.69) is 59.8 Å². The summed E-state index contributed by atoms with van der Waals surface area (Å²) < 4.78 is 0. The minimum atomic E-state index is 0. The van der Waals surface area contributed by atoms with Crippen LogP contribution in [0.5, 0.6) is 0 Å². The molecule has 0 atom stereocenters. The van der Waals surface area contributed by atoms with Crippen LogP contribution >= 0.6 is 0 Å². The maximum absolute atomic E-state index is 3.67. The molecule has 0 saturated carbocycles. The fourth-order valence-electron chi connectivity index (χ4n) is 1.29. The number of aromatic nitrogens is 12. The Morgan fingerprint density at radius 2 is 0.452 bits per heavy atom. The Hall–Kier alpha value is -4.23. The first kappa shape index (κ1) is 26.8. The van der Waals surface area contributed by atoms with E-state index >= 15 is 0 Å². The van der Waals surface area contributed by atoms with E-state index < -0.39 is 0 Å². The summed E-state index contributed by atoms with van der Waals surface area (Å²) in [4.78, 5) is 38.5. The number of H-pyrrole nitrogens is 6. The monoisotopic (exact) mass is 467 g/mol. The van der Waals surface area contributed by atoms with Crippen molar-refractivity contribution >= 4 is 0 Å². The molecule has 6 aromatic rings. The molecule has 6 aromatic heterocycles. The van der Waals surface area contributed by atoms with Gasteiger partial charge in [0.05, 0.1) is 38.0 Å². The third kappa shape index (κ3) is 21.9. The number of nitrogens with one attached hydrogen (secondary N) is 6. The van der Waals surface area contributed by atoms with Gasteiger partial charge < -0.3 is 29.9 Å². The van der Waals surface area contributed by atoms with E-state index in [1.54, 1.807) is 112 Å². The van der Waals surface area contributed by atoms with Crippen molar-refractivity contribution in [3.63, 3.8) is 0 Å². The predicted octanol–water partition coefficient (Wildman–Crippen LogP) is 2.46. The van der Waals surface area contributed by atoms with Gasteiger partial charge >= 0.3 is 0 Å². The molecule has 0 fully saturated rings. The molecule has 0 amide bonds. The van der Waals surface area contributed by atoms with E-state index in [0.717, 1.165) is 0 Å². The maximum atomic E-state index is 3.67. The van der Waals surface area contributed by atoms with Gasteiger partial charge in [0, 0.05) is 91.1 Å². The molecule has 0 spiro atoms. The van der Waals surface area contributed by atoms with Crippen molar-refractivity contribution in [2.24, 2.45) is 0 Å². The van der Waals surface area contributed by atoms with Crippen molar-refractivity contribution in [1.29, 1.82) is 0 Å². The minimum absolute atomic E-state index is 0. The second kappa shape index (κ2) is 23.8. The van der Waals surface area contributed by atoms with Crippen LogP contribution in [0.1, 0.15) is 0 Å². The number of nitrogens with zero attached hydrogens (tertiary/aromatic N) is 6. The number of imidazole rings is 6. The molecule has 0 aromatic carbocycles. The van der Waals surface area contributed by atoms with Crippen molar-refractivity contribution in [3.8, 4) is 0 Å². The van der Waals surface area contributed by atoms with E-state index in [0.29, 0.717) is 0 Å². The first-order valence-corrected chi connectivity index (χ1v) is 8.56. The molecule has 0 aliphatic heterocycles. The average molecular weight is 467 g/mol. The van der Waals surface area contributed by atoms with Crippen LogP contribution in [0.15, 0.2) is 112 Å². The Morgan fingerprint density at radius 1 is 0.290 bits per heavy atom. The summed E-state index contributed by atoms with van der Waals surface area (Å²) in [6.45, 7) is 0. The van der Waals surface area contributed by atoms with Crippen LogP contribution in [0.25, 0.3) is 0 Å². The molecule has 31 heavy (non-hydrogen) atoms. The normalized spacial score (nSPS) is 7.74. The molecule has 12 nitrogen and oxygen atoms in total. The Labute approximate surface area is 189 Å². The summed E-state index contributed by atoms with van der Waals surface area (Å²) in [5.74, 6) is 0. The van der Waals surface area contributed by atoms with Crippen molar-refractivity contribution in [3.05, 3.63) is 112 Å². The molecule has 165 valence electrons. The van der Waals surface area contributed by atoms with E-state index in [1.807, 2.05) is 0 Å². The van der Waals surface area contributed by atoms with Gasteiger partial charge in [-0.3, -0.25) is 0 Å². The van der Waals surface area contributed by atoms with Crippen LogP contribution in [0.3, 0.4) is 0 Å². The SMILES string of the molecule is [Co].c1c[nH]cn1.c1c[nH]cn1.c1c[nH]cn1.c1c[nH]cn1.c1c[nH]cn1.c1c[nH]cn1. The van der Waals surface area contributed by atoms with Gasteiger partial charge in [-0.1, -0.05) is 0 Å². The third-order valence-electron chi connectivity index (χ3n) is 2.44. The summed E-state index contributed by atoms with van der Waals surface area (Å²) in [5.41, 5.74) is 0. The summed E-state index contributed by atoms with van der Waals surface area (Å²) in [5, 5.41) is 0. The second-order valence-electron chi connectivity index (χ2n) is 4.56. The molecule has 6 rings (SSSR count). The fraction of sp³-hybridized carbons (Fsp3) is 0. The van der Waals surface area contributed by atoms with Crippen LogP contribution < -0.4 is 0 Å². The Bertz CT molecular complexity index is 578. The molecular weight excluding hydrogens is 443 g/mol. The van der Waals surface area contributed by atoms with Gasteiger partial charge in [-0.05, 0) is 0 Å². The van der Waals surface area contributed by atoms with E-state index in [9.17, 15) is 0 Å². The van der Waals surface area contributed by atoms with Crippen LogP contribution in [0.2, 0.25) is 0 Å². The zero-order valence-corrected chi connectivity index (χ0v) is 17.4. The van der Waals surface area contributed by atoms with Crippen molar-refractivity contribution in [2.45, 2.75) is 0 Å². The van der Waals surface area contributed by atoms with Gasteiger partial charge in [0.2, 0.25) is 0 Å². The second-order valence-corrected chi connectivity index (χ2v) is 4.56. The summed E-state index contributed by atoms with van der Waals surface area (Å²) in [6, 6.07) is 0. The number of hydrogen-bond acceptors (Lipinski definition) is 6. The fourth-order valence-corrected chi connectivity index (χ4v) is 1.29. The third-order valence-corrected chi connectivity index (χ3v) is 2.44. The summed E-state index contributed by atoms with van der Waals surface area (Å²) in [6.07, 6.45) is 30.5. The molecule has 0 unspecified atom stereocenters. The Balaban J connectivity index is 0.000000346. The van der Waals surface area contributed by atoms with Crippen LogP contribution in [-0.4, -0.2) is 59.8 Å². The van der Waals surface area contributed by atoms with Gasteiger partial charge in [0.25, 0.3) is 0 Å². The molecule has 0 aliphatic rings. The van der Waals surface area contributed by atoms with Crippen LogP contribution in [0.4, 0.5) is 0 Å². The molecular formula is C18H24CoN12. The Kier molecular flexibility index (Phi) is 20.6. The molecule has 6 N–H and O–H groups in total. The molecule has 1 radical (unpaired) electrons. The van der Waals surface area contributed by atoms with Crippen molar-refractivity contribution in [2.75, 3.05) is 0 Å². The topological polar surface area (TPSA) is 172 Å². The van der Waals surface area contributed by atoms with Crippen molar-refractivity contribution in [1.82, 2.24) is 59.8 Å². The van der Waals surface area contributed by atoms with Gasteiger partial charge in [0.15, 0.2) is 0 Å². The standard InChI is InChI=1S/6C3H4N2.Co/c6*1-2-5-3-4-1;/h6*1-3H,(H,4,5);. The summed E-state index contributed by atoms with van der Waals surface area (Å²) >= 11 is 0. The molecule has 0 aliphatic carbocycles.